The maximum Gasteiger partial charge on any atom is 0.303 e. The van der Waals surface area contributed by atoms with Crippen LogP contribution < -0.4 is 4.90 Å². The Kier molecular flexibility index (Phi) is 6.11. The highest BCUT2D eigenvalue weighted by Crippen LogP contribution is 2.74. The molecule has 1 saturated heterocycles. The molecule has 7 rings (SSSR count). The number of rotatable bonds is 4. The normalized spacial score (nSPS) is 41.3. The minimum Gasteiger partial charge on any atom is -0.458 e. The lowest BCUT2D eigenvalue weighted by Gasteiger charge is -2.63. The largest absolute Gasteiger partial charge is 0.458 e. The lowest BCUT2D eigenvalue weighted by atomic mass is 9.43. The number of ether oxygens (including phenoxy) is 1. The Balaban J connectivity index is 1.31. The van der Waals surface area contributed by atoms with E-state index in [2.05, 4.69) is 4.90 Å². The summed E-state index contributed by atoms with van der Waals surface area (Å²) in [6, 6.07) is 11.7. The lowest BCUT2D eigenvalue weighted by molar-refractivity contribution is -0.211. The number of pyridine rings is 1. The molecule has 5 aliphatic rings. The number of hydrogen-bond donors (Lipinski definition) is 1. The molecule has 1 aromatic carbocycles. The zero-order chi connectivity index (χ0) is 30.5. The first kappa shape index (κ1) is 28.3. The molecule has 2 heterocycles. The maximum atomic E-state index is 17.7. The number of aromatic nitrogens is 1. The highest BCUT2D eigenvalue weighted by atomic mass is 19.1. The van der Waals surface area contributed by atoms with Crippen molar-refractivity contribution in [2.45, 2.75) is 58.0 Å². The van der Waals surface area contributed by atoms with E-state index < -0.39 is 58.6 Å². The number of fused-ring (bicyclic) bond motifs is 8. The van der Waals surface area contributed by atoms with Crippen molar-refractivity contribution in [3.63, 3.8) is 0 Å². The number of Topliss-reactive ketones (excluding diaryl/α,β-unsaturated/α-hetero) is 1. The molecule has 0 unspecified atom stereocenters. The third-order valence-electron chi connectivity index (χ3n) is 12.0. The second kappa shape index (κ2) is 9.27. The van der Waals surface area contributed by atoms with Crippen molar-refractivity contribution in [1.29, 1.82) is 0 Å². The minimum absolute atomic E-state index is 0.0203. The first-order chi connectivity index (χ1) is 20.3. The van der Waals surface area contributed by atoms with Crippen LogP contribution in [0.1, 0.15) is 40.0 Å². The van der Waals surface area contributed by atoms with Crippen LogP contribution in [0.5, 0.6) is 0 Å². The van der Waals surface area contributed by atoms with Gasteiger partial charge < -0.3 is 14.7 Å². The topological polar surface area (TPSA) is 96.8 Å². The summed E-state index contributed by atoms with van der Waals surface area (Å²) in [4.78, 5) is 45.2. The standard InChI is InChI=1S/C34H36F2N2O5/c1-19(39)43-17-29(42)33-18-38(30-9-8-20-6-4-5-7-27(20)37-30)16-21(33)12-23-24-14-26(35)25-13-22(40)10-11-31(25,2)34(24,36)28(41)15-32(23,33)3/h4-11,13,21,23-24,26,28,41H,12,14-18H2,1-3H3/t21-,23-,24-,26-,28-,31-,32-,33-,34-/m0/s1. The number of carbonyl (C=O) groups is 3. The number of aliphatic hydroxyl groups is 1. The van der Waals surface area contributed by atoms with Crippen LogP contribution in [0, 0.1) is 34.0 Å². The van der Waals surface area contributed by atoms with E-state index in [-0.39, 0.29) is 42.4 Å². The molecule has 9 heteroatoms. The van der Waals surface area contributed by atoms with Gasteiger partial charge in [-0.3, -0.25) is 14.4 Å². The quantitative estimate of drug-likeness (QED) is 0.515. The zero-order valence-electron chi connectivity index (χ0n) is 24.6. The Morgan fingerprint density at radius 3 is 2.67 bits per heavy atom. The number of hydrogen-bond acceptors (Lipinski definition) is 7. The predicted molar refractivity (Wildman–Crippen MR) is 156 cm³/mol. The lowest BCUT2D eigenvalue weighted by Crippen LogP contribution is -2.69. The number of carbonyl (C=O) groups excluding carboxylic acids is 3. The average molecular weight is 591 g/mol. The molecule has 0 bridgehead atoms. The first-order valence-electron chi connectivity index (χ1n) is 15.1. The van der Waals surface area contributed by atoms with E-state index in [0.717, 1.165) is 10.9 Å². The van der Waals surface area contributed by atoms with Gasteiger partial charge in [0.05, 0.1) is 17.0 Å². The minimum atomic E-state index is -2.22. The van der Waals surface area contributed by atoms with Gasteiger partial charge in [-0.25, -0.2) is 13.8 Å². The van der Waals surface area contributed by atoms with Crippen LogP contribution in [0.4, 0.5) is 14.6 Å². The molecule has 4 aliphatic carbocycles. The number of esters is 1. The number of allylic oxidation sites excluding steroid dienone is 4. The third-order valence-corrected chi connectivity index (χ3v) is 12.0. The van der Waals surface area contributed by atoms with E-state index in [4.69, 9.17) is 9.72 Å². The van der Waals surface area contributed by atoms with E-state index in [1.807, 2.05) is 43.3 Å². The molecule has 0 radical (unpaired) electrons. The molecule has 1 aromatic heterocycles. The van der Waals surface area contributed by atoms with Gasteiger partial charge in [-0.05, 0) is 79.4 Å². The number of para-hydroxylation sites is 1. The van der Waals surface area contributed by atoms with Gasteiger partial charge in [0.15, 0.2) is 23.8 Å². The summed E-state index contributed by atoms with van der Waals surface area (Å²) in [7, 11) is 0. The number of benzene rings is 1. The highest BCUT2D eigenvalue weighted by molar-refractivity contribution is 6.01. The maximum absolute atomic E-state index is 17.7. The number of halogens is 2. The van der Waals surface area contributed by atoms with Crippen molar-refractivity contribution < 1.29 is 33.0 Å². The number of ketones is 2. The average Bonchev–Trinajstić information content (AvgIpc) is 3.47. The van der Waals surface area contributed by atoms with Gasteiger partial charge >= 0.3 is 5.97 Å². The molecule has 4 fully saturated rings. The van der Waals surface area contributed by atoms with Gasteiger partial charge in [0.25, 0.3) is 0 Å². The molecular weight excluding hydrogens is 554 g/mol. The summed E-state index contributed by atoms with van der Waals surface area (Å²) in [6.07, 6.45) is 1.09. The van der Waals surface area contributed by atoms with Crippen LogP contribution in [0.25, 0.3) is 10.9 Å². The molecule has 3 saturated carbocycles. The SMILES string of the molecule is CC(=O)OCC(=O)[C@]12CN(c3ccc4ccccc4n3)C[C@@H]1C[C@H]1[C@@H]3C[C@H](F)C4=CC(=O)C=C[C@]4(C)[C@@]3(F)[C@@H](O)C[C@@]12C. The molecular formula is C34H36F2N2O5. The summed E-state index contributed by atoms with van der Waals surface area (Å²) in [6.45, 7) is 5.09. The molecule has 226 valence electrons. The second-order valence-corrected chi connectivity index (χ2v) is 13.7. The Hall–Kier alpha value is -3.46. The van der Waals surface area contributed by atoms with Crippen LogP contribution in [-0.2, 0) is 19.1 Å². The number of nitrogens with zero attached hydrogens (tertiary/aromatic N) is 2. The van der Waals surface area contributed by atoms with Gasteiger partial charge in [-0.2, -0.15) is 0 Å². The first-order valence-corrected chi connectivity index (χ1v) is 15.1. The Morgan fingerprint density at radius 1 is 1.14 bits per heavy atom. The predicted octanol–water partition coefficient (Wildman–Crippen LogP) is 4.72. The number of anilines is 1. The Bertz CT molecular complexity index is 1620. The van der Waals surface area contributed by atoms with Crippen LogP contribution in [-0.4, -0.2) is 65.3 Å². The van der Waals surface area contributed by atoms with Crippen molar-refractivity contribution in [3.8, 4) is 0 Å². The van der Waals surface area contributed by atoms with Gasteiger partial charge in [-0.1, -0.05) is 31.2 Å². The van der Waals surface area contributed by atoms with Crippen molar-refractivity contribution >= 4 is 34.3 Å². The van der Waals surface area contributed by atoms with Crippen molar-refractivity contribution in [2.24, 2.45) is 34.0 Å². The van der Waals surface area contributed by atoms with Crippen LogP contribution in [0.2, 0.25) is 0 Å². The summed E-state index contributed by atoms with van der Waals surface area (Å²) in [5, 5.41) is 12.8. The van der Waals surface area contributed by atoms with E-state index in [9.17, 15) is 19.5 Å². The van der Waals surface area contributed by atoms with Gasteiger partial charge in [-0.15, -0.1) is 0 Å². The summed E-state index contributed by atoms with van der Waals surface area (Å²) in [5.41, 5.74) is -4.80. The fourth-order valence-corrected chi connectivity index (χ4v) is 9.98. The van der Waals surface area contributed by atoms with Crippen LogP contribution in [0.15, 0.2) is 60.2 Å². The Morgan fingerprint density at radius 2 is 1.91 bits per heavy atom. The smallest absolute Gasteiger partial charge is 0.303 e. The molecule has 1 aliphatic heterocycles. The van der Waals surface area contributed by atoms with Gasteiger partial charge in [0, 0.05) is 36.7 Å². The molecule has 9 atom stereocenters. The van der Waals surface area contributed by atoms with E-state index in [1.165, 1.54) is 25.2 Å². The third kappa shape index (κ3) is 3.60. The summed E-state index contributed by atoms with van der Waals surface area (Å²) >= 11 is 0. The molecule has 0 amide bonds. The van der Waals surface area contributed by atoms with E-state index >= 15 is 8.78 Å². The van der Waals surface area contributed by atoms with E-state index in [0.29, 0.717) is 18.8 Å². The van der Waals surface area contributed by atoms with Crippen molar-refractivity contribution in [1.82, 2.24) is 4.98 Å². The molecule has 7 nitrogen and oxygen atoms in total. The van der Waals surface area contributed by atoms with Gasteiger partial charge in [0.1, 0.15) is 12.0 Å². The summed E-state index contributed by atoms with van der Waals surface area (Å²) in [5.74, 6) is -2.06. The molecule has 0 spiro atoms. The fraction of sp³-hybridized carbons (Fsp3) is 0.529. The zero-order valence-corrected chi connectivity index (χ0v) is 24.6. The summed E-state index contributed by atoms with van der Waals surface area (Å²) < 4.78 is 38.8. The molecule has 2 aromatic rings. The second-order valence-electron chi connectivity index (χ2n) is 13.7. The molecule has 1 N–H and O–H groups in total. The monoisotopic (exact) mass is 590 g/mol. The highest BCUT2D eigenvalue weighted by Gasteiger charge is 2.78. The van der Waals surface area contributed by atoms with E-state index in [1.54, 1.807) is 6.92 Å². The number of alkyl halides is 2. The van der Waals surface area contributed by atoms with Crippen LogP contribution >= 0.6 is 0 Å². The van der Waals surface area contributed by atoms with Crippen LogP contribution in [0.3, 0.4) is 0 Å². The molecule has 43 heavy (non-hydrogen) atoms. The van der Waals surface area contributed by atoms with Crippen molar-refractivity contribution in [3.05, 3.63) is 60.2 Å². The fourth-order valence-electron chi connectivity index (χ4n) is 9.98. The Labute approximate surface area is 249 Å². The van der Waals surface area contributed by atoms with Gasteiger partial charge in [0.2, 0.25) is 0 Å². The van der Waals surface area contributed by atoms with Crippen molar-refractivity contribution in [2.75, 3.05) is 24.6 Å². The number of aliphatic hydroxyl groups excluding tert-OH is 1.